The van der Waals surface area contributed by atoms with Crippen molar-refractivity contribution in [2.45, 2.75) is 64.0 Å². The minimum absolute atomic E-state index is 0.0463. The van der Waals surface area contributed by atoms with Gasteiger partial charge < -0.3 is 14.8 Å². The van der Waals surface area contributed by atoms with Gasteiger partial charge in [0.1, 0.15) is 17.6 Å². The summed E-state index contributed by atoms with van der Waals surface area (Å²) in [5, 5.41) is 13.4. The molecule has 160 valence electrons. The number of benzene rings is 2. The van der Waals surface area contributed by atoms with E-state index in [1.165, 1.54) is 11.1 Å². The number of fused-ring (bicyclic) bond motifs is 1. The van der Waals surface area contributed by atoms with Gasteiger partial charge in [-0.2, -0.15) is 0 Å². The molecule has 1 fully saturated rings. The molecule has 0 bridgehead atoms. The van der Waals surface area contributed by atoms with Crippen molar-refractivity contribution < 1.29 is 14.3 Å². The molecule has 0 spiro atoms. The lowest BCUT2D eigenvalue weighted by molar-refractivity contribution is -0.124. The van der Waals surface area contributed by atoms with Gasteiger partial charge in [-0.3, -0.25) is 4.79 Å². The Morgan fingerprint density at radius 2 is 1.90 bits per heavy atom. The number of hydrogen-bond donors (Lipinski definition) is 2. The smallest absolute Gasteiger partial charge is 0.231 e. The molecule has 2 aromatic carbocycles. The van der Waals surface area contributed by atoms with Gasteiger partial charge in [0.25, 0.3) is 0 Å². The summed E-state index contributed by atoms with van der Waals surface area (Å²) in [6, 6.07) is 16.1. The summed E-state index contributed by atoms with van der Waals surface area (Å²) in [4.78, 5) is 13.6. The average molecular weight is 416 g/mol. The zero-order valence-corrected chi connectivity index (χ0v) is 18.4. The molecule has 1 saturated carbocycles. The largest absolute Gasteiger partial charge is 0.464 e. The number of furan rings is 1. The van der Waals surface area contributed by atoms with Crippen molar-refractivity contribution in [1.29, 1.82) is 0 Å². The van der Waals surface area contributed by atoms with E-state index < -0.39 is 5.41 Å². The Labute approximate surface area is 183 Å². The highest BCUT2D eigenvalue weighted by molar-refractivity contribution is 5.92. The zero-order valence-electron chi connectivity index (χ0n) is 18.4. The average Bonchev–Trinajstić information content (AvgIpc) is 3.33. The lowest BCUT2D eigenvalue weighted by atomic mass is 9.90. The van der Waals surface area contributed by atoms with Crippen LogP contribution < -0.4 is 5.32 Å². The maximum absolute atomic E-state index is 13.6. The molecule has 2 unspecified atom stereocenters. The quantitative estimate of drug-likeness (QED) is 0.608. The van der Waals surface area contributed by atoms with Crippen molar-refractivity contribution in [3.63, 3.8) is 0 Å². The number of aryl methyl sites for hydroxylation is 4. The van der Waals surface area contributed by atoms with Crippen LogP contribution in [0.1, 0.15) is 76.3 Å². The van der Waals surface area contributed by atoms with Crippen LogP contribution >= 0.6 is 0 Å². The van der Waals surface area contributed by atoms with E-state index in [0.29, 0.717) is 0 Å². The summed E-state index contributed by atoms with van der Waals surface area (Å²) in [6.45, 7) is 6.08. The number of hydrogen-bond acceptors (Lipinski definition) is 3. The molecule has 2 aliphatic carbocycles. The molecule has 2 N–H and O–H groups in total. The van der Waals surface area contributed by atoms with Crippen molar-refractivity contribution in [2.75, 3.05) is 0 Å². The van der Waals surface area contributed by atoms with Gasteiger partial charge in [0.15, 0.2) is 0 Å². The highest BCUT2D eigenvalue weighted by Crippen LogP contribution is 2.50. The number of carbonyl (C=O) groups is 1. The Morgan fingerprint density at radius 1 is 1.10 bits per heavy atom. The van der Waals surface area contributed by atoms with Crippen LogP contribution in [0.5, 0.6) is 0 Å². The molecule has 0 saturated heterocycles. The Kier molecular flexibility index (Phi) is 4.78. The molecule has 2 aliphatic rings. The first-order valence-electron chi connectivity index (χ1n) is 11.1. The molecule has 1 heterocycles. The molecular formula is C27H29NO3. The minimum atomic E-state index is -0.485. The summed E-state index contributed by atoms with van der Waals surface area (Å²) < 4.78 is 5.95. The van der Waals surface area contributed by atoms with Crippen LogP contribution in [0.3, 0.4) is 0 Å². The predicted octanol–water partition coefficient (Wildman–Crippen LogP) is 5.12. The van der Waals surface area contributed by atoms with Crippen LogP contribution in [0, 0.1) is 20.8 Å². The number of aliphatic hydroxyl groups excluding tert-OH is 1. The summed E-state index contributed by atoms with van der Waals surface area (Å²) in [5.41, 5.74) is 6.16. The van der Waals surface area contributed by atoms with Gasteiger partial charge in [0, 0.05) is 0 Å². The predicted molar refractivity (Wildman–Crippen MR) is 120 cm³/mol. The second kappa shape index (κ2) is 7.38. The highest BCUT2D eigenvalue weighted by Gasteiger charge is 2.52. The number of amides is 1. The summed E-state index contributed by atoms with van der Waals surface area (Å²) in [7, 11) is 0. The van der Waals surface area contributed by atoms with E-state index >= 15 is 0 Å². The molecule has 31 heavy (non-hydrogen) atoms. The van der Waals surface area contributed by atoms with Gasteiger partial charge in [-0.05, 0) is 86.4 Å². The second-order valence-corrected chi connectivity index (χ2v) is 9.27. The van der Waals surface area contributed by atoms with Gasteiger partial charge in [0.2, 0.25) is 5.91 Å². The maximum atomic E-state index is 13.6. The molecule has 0 radical (unpaired) electrons. The van der Waals surface area contributed by atoms with E-state index in [1.54, 1.807) is 0 Å². The normalized spacial score (nSPS) is 19.7. The van der Waals surface area contributed by atoms with Gasteiger partial charge in [-0.15, -0.1) is 0 Å². The fraction of sp³-hybridized carbons (Fsp3) is 0.370. The first-order valence-corrected chi connectivity index (χ1v) is 11.1. The first-order chi connectivity index (χ1) is 14.9. The van der Waals surface area contributed by atoms with E-state index in [0.717, 1.165) is 59.5 Å². The first kappa shape index (κ1) is 20.1. The van der Waals surface area contributed by atoms with Crippen molar-refractivity contribution in [3.05, 3.63) is 93.4 Å². The molecule has 4 heteroatoms. The molecular weight excluding hydrogens is 386 g/mol. The SMILES string of the molecule is Cc1ccc(C(NC(=O)C2(c3ccc4c(c3)CCC4O)CC2)c2ccc(C)o2)c(C)c1. The van der Waals surface area contributed by atoms with E-state index in [4.69, 9.17) is 4.42 Å². The zero-order chi connectivity index (χ0) is 21.8. The number of rotatable bonds is 5. The monoisotopic (exact) mass is 415 g/mol. The van der Waals surface area contributed by atoms with Crippen LogP contribution in [-0.2, 0) is 16.6 Å². The highest BCUT2D eigenvalue weighted by atomic mass is 16.3. The Balaban J connectivity index is 1.47. The van der Waals surface area contributed by atoms with Gasteiger partial charge >= 0.3 is 0 Å². The molecule has 1 amide bonds. The third-order valence-corrected chi connectivity index (χ3v) is 6.98. The van der Waals surface area contributed by atoms with Crippen molar-refractivity contribution in [2.24, 2.45) is 0 Å². The number of aliphatic hydroxyl groups is 1. The van der Waals surface area contributed by atoms with Crippen LogP contribution in [0.2, 0.25) is 0 Å². The molecule has 3 aromatic rings. The molecule has 4 nitrogen and oxygen atoms in total. The van der Waals surface area contributed by atoms with Gasteiger partial charge in [-0.25, -0.2) is 0 Å². The summed E-state index contributed by atoms with van der Waals surface area (Å²) in [6.07, 6.45) is 2.96. The topological polar surface area (TPSA) is 62.5 Å². The van der Waals surface area contributed by atoms with Crippen LogP contribution in [-0.4, -0.2) is 11.0 Å². The number of carbonyl (C=O) groups excluding carboxylic acids is 1. The Hall–Kier alpha value is -2.85. The van der Waals surface area contributed by atoms with Crippen LogP contribution in [0.15, 0.2) is 52.9 Å². The van der Waals surface area contributed by atoms with Crippen molar-refractivity contribution >= 4 is 5.91 Å². The van der Waals surface area contributed by atoms with E-state index in [9.17, 15) is 9.90 Å². The molecule has 1 aromatic heterocycles. The lowest BCUT2D eigenvalue weighted by Gasteiger charge is -2.24. The summed E-state index contributed by atoms with van der Waals surface area (Å²) >= 11 is 0. The standard InChI is InChI=1S/C27H29NO3/c1-16-4-8-21(17(2)14-16)25(24-11-5-18(3)31-24)28-26(30)27(12-13-27)20-7-9-22-19(15-20)6-10-23(22)29/h4-5,7-9,11,14-15,23,25,29H,6,10,12-13H2,1-3H3,(H,28,30). The third kappa shape index (κ3) is 3.49. The molecule has 5 rings (SSSR count). The molecule has 0 aliphatic heterocycles. The number of nitrogens with one attached hydrogen (secondary N) is 1. The lowest BCUT2D eigenvalue weighted by Crippen LogP contribution is -2.38. The fourth-order valence-corrected chi connectivity index (χ4v) is 4.99. The van der Waals surface area contributed by atoms with E-state index in [1.807, 2.05) is 31.2 Å². The fourth-order valence-electron chi connectivity index (χ4n) is 4.99. The van der Waals surface area contributed by atoms with Gasteiger partial charge in [-0.1, -0.05) is 42.0 Å². The van der Waals surface area contributed by atoms with Crippen molar-refractivity contribution in [3.8, 4) is 0 Å². The third-order valence-electron chi connectivity index (χ3n) is 6.98. The van der Waals surface area contributed by atoms with E-state index in [-0.39, 0.29) is 18.1 Å². The van der Waals surface area contributed by atoms with Gasteiger partial charge in [0.05, 0.1) is 11.5 Å². The Bertz CT molecular complexity index is 1160. The Morgan fingerprint density at radius 3 is 2.58 bits per heavy atom. The second-order valence-electron chi connectivity index (χ2n) is 9.27. The van der Waals surface area contributed by atoms with Crippen LogP contribution in [0.4, 0.5) is 0 Å². The molecule has 2 atom stereocenters. The van der Waals surface area contributed by atoms with Crippen LogP contribution in [0.25, 0.3) is 0 Å². The summed E-state index contributed by atoms with van der Waals surface area (Å²) in [5.74, 6) is 1.63. The van der Waals surface area contributed by atoms with Crippen molar-refractivity contribution in [1.82, 2.24) is 5.32 Å². The van der Waals surface area contributed by atoms with E-state index in [2.05, 4.69) is 43.4 Å². The minimum Gasteiger partial charge on any atom is -0.464 e. The maximum Gasteiger partial charge on any atom is 0.231 e.